The summed E-state index contributed by atoms with van der Waals surface area (Å²) in [6, 6.07) is 9.90. The molecule has 37 heavy (non-hydrogen) atoms. The van der Waals surface area contributed by atoms with Crippen molar-refractivity contribution in [2.45, 2.75) is 45.3 Å². The zero-order valence-electron chi connectivity index (χ0n) is 21.1. The number of hydrogen-bond donors (Lipinski definition) is 1. The van der Waals surface area contributed by atoms with Crippen LogP contribution < -0.4 is 15.0 Å². The van der Waals surface area contributed by atoms with Gasteiger partial charge in [-0.1, -0.05) is 6.07 Å². The lowest BCUT2D eigenvalue weighted by molar-refractivity contribution is 0.135. The largest absolute Gasteiger partial charge is 0.486 e. The Bertz CT molecular complexity index is 1310. The van der Waals surface area contributed by atoms with Crippen molar-refractivity contribution in [1.29, 1.82) is 0 Å². The summed E-state index contributed by atoms with van der Waals surface area (Å²) in [4.78, 5) is 13.1. The molecule has 4 heterocycles. The highest BCUT2D eigenvalue weighted by Gasteiger charge is 2.27. The van der Waals surface area contributed by atoms with Crippen molar-refractivity contribution in [2.24, 2.45) is 0 Å². The van der Waals surface area contributed by atoms with Crippen LogP contribution >= 0.6 is 0 Å². The van der Waals surface area contributed by atoms with Gasteiger partial charge < -0.3 is 19.7 Å². The lowest BCUT2D eigenvalue weighted by Crippen LogP contribution is -2.39. The second-order valence-corrected chi connectivity index (χ2v) is 10.2. The quantitative estimate of drug-likeness (QED) is 0.526. The number of nitrogens with zero attached hydrogens (tertiary/aromatic N) is 4. The van der Waals surface area contributed by atoms with Gasteiger partial charge in [0.25, 0.3) is 0 Å². The van der Waals surface area contributed by atoms with Gasteiger partial charge in [0, 0.05) is 43.0 Å². The molecule has 9 heteroatoms. The molecule has 1 fully saturated rings. The van der Waals surface area contributed by atoms with Gasteiger partial charge in [-0.3, -0.25) is 4.90 Å². The number of benzene rings is 2. The zero-order chi connectivity index (χ0) is 25.5. The average molecular weight is 508 g/mol. The van der Waals surface area contributed by atoms with E-state index in [4.69, 9.17) is 9.47 Å². The maximum absolute atomic E-state index is 15.0. The lowest BCUT2D eigenvalue weighted by Gasteiger charge is -2.34. The maximum atomic E-state index is 15.0. The molecule has 0 radical (unpaired) electrons. The Hall–Kier alpha value is -3.30. The van der Waals surface area contributed by atoms with Crippen molar-refractivity contribution in [3.05, 3.63) is 59.3 Å². The van der Waals surface area contributed by atoms with Gasteiger partial charge in [-0.15, -0.1) is 0 Å². The van der Waals surface area contributed by atoms with E-state index in [1.807, 2.05) is 19.9 Å². The molecular formula is C28H31F2N5O2. The van der Waals surface area contributed by atoms with Gasteiger partial charge in [0.05, 0.1) is 25.0 Å². The Morgan fingerprint density at radius 3 is 2.76 bits per heavy atom. The summed E-state index contributed by atoms with van der Waals surface area (Å²) in [5.74, 6) is -0.686. The Labute approximate surface area is 215 Å². The van der Waals surface area contributed by atoms with Crippen LogP contribution in [0.25, 0.3) is 11.3 Å². The Balaban J connectivity index is 1.25. The molecule has 7 nitrogen and oxygen atoms in total. The fraction of sp³-hybridized carbons (Fsp3) is 0.429. The summed E-state index contributed by atoms with van der Waals surface area (Å²) in [6.07, 6.45) is 3.17. The number of anilines is 3. The summed E-state index contributed by atoms with van der Waals surface area (Å²) in [5, 5.41) is 3.21. The number of aromatic nitrogens is 2. The highest BCUT2D eigenvalue weighted by atomic mass is 19.1. The van der Waals surface area contributed by atoms with E-state index in [1.165, 1.54) is 17.2 Å². The van der Waals surface area contributed by atoms with E-state index in [2.05, 4.69) is 37.2 Å². The van der Waals surface area contributed by atoms with Crippen molar-refractivity contribution in [1.82, 2.24) is 14.9 Å². The Morgan fingerprint density at radius 1 is 1.05 bits per heavy atom. The van der Waals surface area contributed by atoms with Crippen molar-refractivity contribution in [3.63, 3.8) is 0 Å². The molecule has 0 saturated carbocycles. The molecule has 0 aliphatic carbocycles. The van der Waals surface area contributed by atoms with Gasteiger partial charge in [-0.05, 0) is 62.1 Å². The van der Waals surface area contributed by atoms with E-state index >= 15 is 0 Å². The molecule has 6 rings (SSSR count). The van der Waals surface area contributed by atoms with Crippen LogP contribution in [0.1, 0.15) is 31.4 Å². The standard InChI is InChI=1S/C28H31F2N5O2/c1-17(2)35-8-10-37-27-23(29)12-20(13-25(27)35)26-24(30)14-31-28(33-26)32-21-4-3-19-15-34(7-5-18(19)11-21)22-6-9-36-16-22/h3-4,11-14,17,22H,5-10,15-16H2,1-2H3,(H,31,32,33). The summed E-state index contributed by atoms with van der Waals surface area (Å²) >= 11 is 0. The van der Waals surface area contributed by atoms with Gasteiger partial charge in [0.1, 0.15) is 12.3 Å². The normalized spacial score (nSPS) is 19.5. The third-order valence-corrected chi connectivity index (χ3v) is 7.48. The van der Waals surface area contributed by atoms with Crippen LogP contribution in [0.15, 0.2) is 36.5 Å². The first-order valence-electron chi connectivity index (χ1n) is 12.9. The van der Waals surface area contributed by atoms with Crippen molar-refractivity contribution < 1.29 is 18.3 Å². The topological polar surface area (TPSA) is 62.8 Å². The lowest BCUT2D eigenvalue weighted by atomic mass is 9.97. The molecule has 1 saturated heterocycles. The second-order valence-electron chi connectivity index (χ2n) is 10.2. The van der Waals surface area contributed by atoms with Crippen LogP contribution in [0.2, 0.25) is 0 Å². The van der Waals surface area contributed by atoms with E-state index in [-0.39, 0.29) is 23.4 Å². The number of rotatable bonds is 5. The van der Waals surface area contributed by atoms with Crippen molar-refractivity contribution in [2.75, 3.05) is 43.1 Å². The highest BCUT2D eigenvalue weighted by Crippen LogP contribution is 2.39. The summed E-state index contributed by atoms with van der Waals surface area (Å²) in [7, 11) is 0. The molecule has 1 N–H and O–H groups in total. The van der Waals surface area contributed by atoms with Crippen LogP contribution in [-0.2, 0) is 17.7 Å². The highest BCUT2D eigenvalue weighted by molar-refractivity contribution is 5.73. The van der Waals surface area contributed by atoms with E-state index in [9.17, 15) is 8.78 Å². The molecule has 3 aliphatic rings. The molecule has 1 unspecified atom stereocenters. The molecule has 1 atom stereocenters. The Morgan fingerprint density at radius 2 is 1.95 bits per heavy atom. The summed E-state index contributed by atoms with van der Waals surface area (Å²) in [6.45, 7) is 8.69. The molecule has 1 aromatic heterocycles. The first kappa shape index (κ1) is 24.1. The Kier molecular flexibility index (Phi) is 6.42. The number of nitrogens with one attached hydrogen (secondary N) is 1. The molecule has 0 bridgehead atoms. The predicted octanol–water partition coefficient (Wildman–Crippen LogP) is 4.92. The van der Waals surface area contributed by atoms with Crippen LogP contribution in [0.4, 0.5) is 26.1 Å². The maximum Gasteiger partial charge on any atom is 0.227 e. The van der Waals surface area contributed by atoms with E-state index in [0.29, 0.717) is 30.4 Å². The number of fused-ring (bicyclic) bond motifs is 2. The minimum absolute atomic E-state index is 0.0425. The van der Waals surface area contributed by atoms with Crippen LogP contribution in [0.5, 0.6) is 5.75 Å². The van der Waals surface area contributed by atoms with E-state index in [1.54, 1.807) is 6.07 Å². The number of halogens is 2. The summed E-state index contributed by atoms with van der Waals surface area (Å²) in [5.41, 5.74) is 4.43. The van der Waals surface area contributed by atoms with Gasteiger partial charge in [0.15, 0.2) is 17.4 Å². The third-order valence-electron chi connectivity index (χ3n) is 7.48. The van der Waals surface area contributed by atoms with Gasteiger partial charge in [0.2, 0.25) is 5.95 Å². The van der Waals surface area contributed by atoms with Gasteiger partial charge >= 0.3 is 0 Å². The van der Waals surface area contributed by atoms with Crippen LogP contribution in [0, 0.1) is 11.6 Å². The van der Waals surface area contributed by atoms with Gasteiger partial charge in [-0.25, -0.2) is 18.7 Å². The smallest absolute Gasteiger partial charge is 0.227 e. The fourth-order valence-electron chi connectivity index (χ4n) is 5.51. The second kappa shape index (κ2) is 9.87. The van der Waals surface area contributed by atoms with E-state index < -0.39 is 11.6 Å². The van der Waals surface area contributed by atoms with Crippen LogP contribution in [0.3, 0.4) is 0 Å². The van der Waals surface area contributed by atoms with Crippen LogP contribution in [-0.4, -0.2) is 59.9 Å². The molecule has 2 aromatic carbocycles. The summed E-state index contributed by atoms with van der Waals surface area (Å²) < 4.78 is 41.0. The molecule has 0 amide bonds. The first-order chi connectivity index (χ1) is 18.0. The SMILES string of the molecule is CC(C)N1CCOc2c(F)cc(-c3nc(Nc4ccc5c(c4)CCN(C4CCOC4)C5)ncc3F)cc21. The minimum Gasteiger partial charge on any atom is -0.486 e. The van der Waals surface area contributed by atoms with Crippen molar-refractivity contribution in [3.8, 4) is 17.0 Å². The van der Waals surface area contributed by atoms with Crippen molar-refractivity contribution >= 4 is 17.3 Å². The van der Waals surface area contributed by atoms with Gasteiger partial charge in [-0.2, -0.15) is 0 Å². The number of ether oxygens (including phenoxy) is 2. The molecule has 3 aromatic rings. The first-order valence-corrected chi connectivity index (χ1v) is 12.9. The fourth-order valence-corrected chi connectivity index (χ4v) is 5.51. The number of hydrogen-bond acceptors (Lipinski definition) is 7. The predicted molar refractivity (Wildman–Crippen MR) is 138 cm³/mol. The van der Waals surface area contributed by atoms with E-state index in [0.717, 1.165) is 51.0 Å². The monoisotopic (exact) mass is 507 g/mol. The average Bonchev–Trinajstić information content (AvgIpc) is 3.44. The zero-order valence-corrected chi connectivity index (χ0v) is 21.1. The third kappa shape index (κ3) is 4.73. The molecule has 3 aliphatic heterocycles. The molecule has 194 valence electrons. The minimum atomic E-state index is -0.612. The molecule has 0 spiro atoms. The molecular weight excluding hydrogens is 476 g/mol.